The summed E-state index contributed by atoms with van der Waals surface area (Å²) in [6.07, 6.45) is -2.51. The van der Waals surface area contributed by atoms with Crippen LogP contribution in [0, 0.1) is 0 Å². The molecule has 1 aliphatic heterocycles. The van der Waals surface area contributed by atoms with Crippen LogP contribution in [-0.4, -0.2) is 71.1 Å². The van der Waals surface area contributed by atoms with Crippen molar-refractivity contribution in [3.05, 3.63) is 58.9 Å². The van der Waals surface area contributed by atoms with Gasteiger partial charge in [-0.1, -0.05) is 6.07 Å². The summed E-state index contributed by atoms with van der Waals surface area (Å²) in [4.78, 5) is 21.1. The van der Waals surface area contributed by atoms with Crippen molar-refractivity contribution in [2.24, 2.45) is 16.7 Å². The molecule has 9 nitrogen and oxygen atoms in total. The number of aromatic nitrogens is 1. The first-order valence-corrected chi connectivity index (χ1v) is 12.2. The predicted octanol–water partition coefficient (Wildman–Crippen LogP) is 2.69. The second-order valence-electron chi connectivity index (χ2n) is 9.00. The zero-order valence-electron chi connectivity index (χ0n) is 21.3. The van der Waals surface area contributed by atoms with Crippen LogP contribution >= 0.6 is 0 Å². The maximum atomic E-state index is 13.3. The van der Waals surface area contributed by atoms with Gasteiger partial charge in [0.1, 0.15) is 24.9 Å². The van der Waals surface area contributed by atoms with Gasteiger partial charge in [-0.05, 0) is 48.7 Å². The highest BCUT2D eigenvalue weighted by molar-refractivity contribution is 5.77. The van der Waals surface area contributed by atoms with Gasteiger partial charge in [0.05, 0.1) is 24.0 Å². The van der Waals surface area contributed by atoms with Gasteiger partial charge >= 0.3 is 6.18 Å². The van der Waals surface area contributed by atoms with E-state index in [-0.39, 0.29) is 37.7 Å². The van der Waals surface area contributed by atoms with Crippen LogP contribution in [0.4, 0.5) is 17.6 Å². The Hall–Kier alpha value is -3.45. The summed E-state index contributed by atoms with van der Waals surface area (Å²) in [5.41, 5.74) is 6.49. The van der Waals surface area contributed by atoms with Crippen LogP contribution in [0.1, 0.15) is 35.7 Å². The second kappa shape index (κ2) is 13.4. The Morgan fingerprint density at radius 3 is 2.50 bits per heavy atom. The van der Waals surface area contributed by atoms with E-state index in [2.05, 4.69) is 15.0 Å². The van der Waals surface area contributed by atoms with Crippen molar-refractivity contribution in [2.45, 2.75) is 39.0 Å². The molecular formula is C25H33F4N7O2. The van der Waals surface area contributed by atoms with E-state index in [0.29, 0.717) is 49.6 Å². The fourth-order valence-corrected chi connectivity index (χ4v) is 4.14. The van der Waals surface area contributed by atoms with Gasteiger partial charge in [0.2, 0.25) is 5.91 Å². The highest BCUT2D eigenvalue weighted by atomic mass is 19.4. The smallest absolute Gasteiger partial charge is 0.416 e. The van der Waals surface area contributed by atoms with E-state index in [0.717, 1.165) is 22.9 Å². The highest BCUT2D eigenvalue weighted by Gasteiger charge is 2.31. The van der Waals surface area contributed by atoms with E-state index < -0.39 is 18.4 Å². The van der Waals surface area contributed by atoms with Crippen LogP contribution in [0.2, 0.25) is 0 Å². The van der Waals surface area contributed by atoms with Crippen LogP contribution in [0.5, 0.6) is 5.75 Å². The number of pyridine rings is 1. The molecule has 2 aromatic rings. The Balaban J connectivity index is 1.54. The lowest BCUT2D eigenvalue weighted by Gasteiger charge is -2.34. The van der Waals surface area contributed by atoms with E-state index in [9.17, 15) is 22.4 Å². The van der Waals surface area contributed by atoms with Gasteiger partial charge in [-0.2, -0.15) is 13.2 Å². The van der Waals surface area contributed by atoms with Crippen molar-refractivity contribution >= 4 is 11.7 Å². The molecule has 208 valence electrons. The van der Waals surface area contributed by atoms with E-state index >= 15 is 0 Å². The molecule has 3 rings (SSSR count). The monoisotopic (exact) mass is 539 g/mol. The third kappa shape index (κ3) is 8.84. The number of ether oxygens (including phenoxy) is 1. The lowest BCUT2D eigenvalue weighted by Crippen LogP contribution is -2.48. The number of hydrazine groups is 1. The number of carbonyl (C=O) groups is 1. The first kappa shape index (κ1) is 29.1. The van der Waals surface area contributed by atoms with Gasteiger partial charge in [-0.3, -0.25) is 14.7 Å². The predicted molar refractivity (Wildman–Crippen MR) is 134 cm³/mol. The first-order valence-electron chi connectivity index (χ1n) is 12.2. The summed E-state index contributed by atoms with van der Waals surface area (Å²) in [5, 5.41) is 4.83. The van der Waals surface area contributed by atoms with E-state index in [1.165, 1.54) is 13.0 Å². The van der Waals surface area contributed by atoms with Gasteiger partial charge in [0.15, 0.2) is 0 Å². The molecule has 1 amide bonds. The minimum atomic E-state index is -4.50. The second-order valence-corrected chi connectivity index (χ2v) is 9.00. The number of hydrogen-bond donors (Lipinski definition) is 2. The number of piperazine rings is 1. The fourth-order valence-electron chi connectivity index (χ4n) is 4.14. The zero-order chi connectivity index (χ0) is 27.7. The van der Waals surface area contributed by atoms with Crippen LogP contribution in [0.25, 0.3) is 0 Å². The summed E-state index contributed by atoms with van der Waals surface area (Å²) in [7, 11) is 0. The molecule has 1 aliphatic rings. The van der Waals surface area contributed by atoms with Crippen molar-refractivity contribution < 1.29 is 27.1 Å². The summed E-state index contributed by atoms with van der Waals surface area (Å²) < 4.78 is 57.2. The Morgan fingerprint density at radius 1 is 1.16 bits per heavy atom. The van der Waals surface area contributed by atoms with Gasteiger partial charge in [0, 0.05) is 39.1 Å². The van der Waals surface area contributed by atoms with Crippen molar-refractivity contribution in [1.29, 1.82) is 0 Å². The number of nitrogens with two attached hydrogens (primary N) is 2. The molecule has 0 aliphatic carbocycles. The number of amides is 1. The maximum absolute atomic E-state index is 13.3. The maximum Gasteiger partial charge on any atom is 0.416 e. The lowest BCUT2D eigenvalue weighted by molar-refractivity contribution is -0.137. The zero-order valence-corrected chi connectivity index (χ0v) is 21.3. The summed E-state index contributed by atoms with van der Waals surface area (Å²) >= 11 is 0. The van der Waals surface area contributed by atoms with Crippen LogP contribution in [0.3, 0.4) is 0 Å². The van der Waals surface area contributed by atoms with E-state index in [1.807, 2.05) is 6.07 Å². The summed E-state index contributed by atoms with van der Waals surface area (Å²) in [5.74, 6) is 6.40. The molecule has 38 heavy (non-hydrogen) atoms. The van der Waals surface area contributed by atoms with Crippen LogP contribution in [-0.2, 0) is 30.5 Å². The molecule has 1 fully saturated rings. The minimum absolute atomic E-state index is 0.00874. The Kier molecular flexibility index (Phi) is 10.2. The average molecular weight is 540 g/mol. The van der Waals surface area contributed by atoms with Gasteiger partial charge < -0.3 is 15.4 Å². The summed E-state index contributed by atoms with van der Waals surface area (Å²) in [6.45, 7) is 3.88. The molecule has 1 saturated heterocycles. The number of aryl methyl sites for hydroxylation is 1. The molecule has 0 atom stereocenters. The number of hydrazone groups is 1. The Bertz CT molecular complexity index is 1080. The van der Waals surface area contributed by atoms with Crippen LogP contribution in [0.15, 0.2) is 41.6 Å². The number of alkyl halides is 4. The van der Waals surface area contributed by atoms with Crippen molar-refractivity contribution in [2.75, 3.05) is 39.5 Å². The molecule has 4 N–H and O–H groups in total. The molecule has 1 aromatic carbocycles. The van der Waals surface area contributed by atoms with Gasteiger partial charge in [0.25, 0.3) is 0 Å². The lowest BCUT2D eigenvalue weighted by atomic mass is 9.99. The molecule has 2 heterocycles. The normalized spacial score (nSPS) is 15.0. The van der Waals surface area contributed by atoms with Crippen molar-refractivity contribution in [3.8, 4) is 5.75 Å². The van der Waals surface area contributed by atoms with Crippen molar-refractivity contribution in [1.82, 2.24) is 19.9 Å². The molecule has 0 unspecified atom stereocenters. The molecule has 0 bridgehead atoms. The summed E-state index contributed by atoms with van der Waals surface area (Å²) in [6, 6.07) is 7.01. The third-order valence-electron chi connectivity index (χ3n) is 6.01. The standard InChI is InChI=1S/C25H33F4N7O2/c1-18(30)33-36(31)16-20-14-21(25(27,28)29)4-2-19(20)3-7-24(37)35-11-9-34(10-12-35)17-22-5-6-23(15-32-22)38-13-8-26/h2,4-6,14-15H,3,7-13,16-17,31H2,1H3,(H2,30,33). The fraction of sp³-hybridized carbons (Fsp3) is 0.480. The molecule has 0 saturated carbocycles. The number of benzene rings is 1. The third-order valence-corrected chi connectivity index (χ3v) is 6.01. The number of halogens is 4. The van der Waals surface area contributed by atoms with Gasteiger partial charge in [-0.15, -0.1) is 5.10 Å². The number of nitrogens with zero attached hydrogens (tertiary/aromatic N) is 5. The number of carbonyl (C=O) groups excluding carboxylic acids is 1. The number of rotatable bonds is 11. The topological polar surface area (TPSA) is 113 Å². The van der Waals surface area contributed by atoms with E-state index in [4.69, 9.17) is 16.3 Å². The Labute approximate surface area is 219 Å². The average Bonchev–Trinajstić information content (AvgIpc) is 2.86. The Morgan fingerprint density at radius 2 is 1.89 bits per heavy atom. The molecule has 0 spiro atoms. The highest BCUT2D eigenvalue weighted by Crippen LogP contribution is 2.31. The quantitative estimate of drug-likeness (QED) is 0.148. The van der Waals surface area contributed by atoms with Crippen molar-refractivity contribution in [3.63, 3.8) is 0 Å². The van der Waals surface area contributed by atoms with E-state index in [1.54, 1.807) is 17.2 Å². The largest absolute Gasteiger partial charge is 0.489 e. The molecule has 1 aromatic heterocycles. The number of hydrogen-bond acceptors (Lipinski definition) is 7. The minimum Gasteiger partial charge on any atom is -0.489 e. The first-order chi connectivity index (χ1) is 18.0. The van der Waals surface area contributed by atoms with Crippen LogP contribution < -0.4 is 16.3 Å². The molecule has 13 heteroatoms. The SMILES string of the molecule is C/C(N)=N/N(N)Cc1cc(C(F)(F)F)ccc1CCC(=O)N1CCN(Cc2ccc(OCCF)cn2)CC1. The molecule has 0 radical (unpaired) electrons. The van der Waals surface area contributed by atoms with Gasteiger partial charge in [-0.25, -0.2) is 15.4 Å². The number of amidine groups is 1. The molecular weight excluding hydrogens is 506 g/mol.